The van der Waals surface area contributed by atoms with Gasteiger partial charge in [-0.1, -0.05) is 19.1 Å². The first-order valence-electron chi connectivity index (χ1n) is 14.2. The predicted molar refractivity (Wildman–Crippen MR) is 146 cm³/mol. The fourth-order valence-corrected chi connectivity index (χ4v) is 5.84. The summed E-state index contributed by atoms with van der Waals surface area (Å²) in [5.41, 5.74) is 3.91. The fraction of sp³-hybridized carbons (Fsp3) is 0.667. The van der Waals surface area contributed by atoms with Crippen molar-refractivity contribution in [2.75, 3.05) is 25.0 Å². The van der Waals surface area contributed by atoms with Crippen LogP contribution in [0.15, 0.2) is 29.9 Å². The first-order valence-corrected chi connectivity index (χ1v) is 14.2. The van der Waals surface area contributed by atoms with Crippen LogP contribution in [0.4, 0.5) is 10.2 Å². The molecule has 3 aliphatic rings. The van der Waals surface area contributed by atoms with Crippen LogP contribution < -0.4 is 10.1 Å². The number of allylic oxidation sites excluding steroid dienone is 1. The number of hydrogen-bond acceptors (Lipinski definition) is 5. The third kappa shape index (κ3) is 6.92. The average molecular weight is 514 g/mol. The molecule has 0 radical (unpaired) electrons. The first-order chi connectivity index (χ1) is 17.8. The van der Waals surface area contributed by atoms with E-state index in [4.69, 9.17) is 9.72 Å². The summed E-state index contributed by atoms with van der Waals surface area (Å²) >= 11 is 0. The van der Waals surface area contributed by atoms with Gasteiger partial charge in [0.1, 0.15) is 23.8 Å². The molecule has 0 spiro atoms. The van der Waals surface area contributed by atoms with Crippen LogP contribution in [-0.2, 0) is 17.6 Å². The molecule has 37 heavy (non-hydrogen) atoms. The summed E-state index contributed by atoms with van der Waals surface area (Å²) in [6.45, 7) is 12.2. The topological polar surface area (TPSA) is 74.7 Å². The third-order valence-corrected chi connectivity index (χ3v) is 7.97. The summed E-state index contributed by atoms with van der Waals surface area (Å²) < 4.78 is 21.3. The molecule has 7 heteroatoms. The summed E-state index contributed by atoms with van der Waals surface area (Å²) in [4.78, 5) is 19.0. The Bertz CT molecular complexity index is 1000. The number of halogens is 1. The molecule has 2 fully saturated rings. The minimum absolute atomic E-state index is 0.107. The fourth-order valence-electron chi connectivity index (χ4n) is 5.84. The number of anilines is 1. The lowest BCUT2D eigenvalue weighted by Gasteiger charge is -2.28. The van der Waals surface area contributed by atoms with Crippen molar-refractivity contribution in [3.8, 4) is 5.75 Å². The number of likely N-dealkylation sites (tertiary alicyclic amines) is 1. The number of carboxylic acid groups (broad SMARTS) is 1. The van der Waals surface area contributed by atoms with Crippen LogP contribution in [-0.4, -0.2) is 58.9 Å². The minimum atomic E-state index is -0.918. The molecular formula is C30H44FN3O3. The predicted octanol–water partition coefficient (Wildman–Crippen LogP) is 5.97. The molecule has 1 unspecified atom stereocenters. The second-order valence-corrected chi connectivity index (χ2v) is 11.2. The van der Waals surface area contributed by atoms with E-state index < -0.39 is 18.2 Å². The van der Waals surface area contributed by atoms with Gasteiger partial charge in [-0.15, -0.1) is 0 Å². The van der Waals surface area contributed by atoms with E-state index in [9.17, 15) is 9.90 Å². The lowest BCUT2D eigenvalue weighted by molar-refractivity contribution is -0.141. The Hall–Kier alpha value is -2.41. The average Bonchev–Trinajstić information content (AvgIpc) is 3.61. The second-order valence-electron chi connectivity index (χ2n) is 11.2. The molecule has 204 valence electrons. The number of aliphatic carboxylic acids is 1. The molecule has 1 aliphatic carbocycles. The van der Waals surface area contributed by atoms with Crippen molar-refractivity contribution >= 4 is 11.8 Å². The van der Waals surface area contributed by atoms with Gasteiger partial charge >= 0.3 is 5.97 Å². The summed E-state index contributed by atoms with van der Waals surface area (Å²) in [6, 6.07) is 1.34. The number of aromatic nitrogens is 1. The van der Waals surface area contributed by atoms with Gasteiger partial charge < -0.3 is 15.2 Å². The lowest BCUT2D eigenvalue weighted by atomic mass is 9.94. The van der Waals surface area contributed by atoms with E-state index in [1.807, 2.05) is 31.7 Å². The Balaban J connectivity index is 1.28. The number of carboxylic acids is 1. The van der Waals surface area contributed by atoms with Crippen LogP contribution in [0.5, 0.6) is 5.75 Å². The zero-order valence-electron chi connectivity index (χ0n) is 22.8. The Morgan fingerprint density at radius 3 is 2.81 bits per heavy atom. The molecule has 4 rings (SSSR count). The minimum Gasteiger partial charge on any atom is -0.491 e. The number of hydrogen-bond donors (Lipinski definition) is 2. The van der Waals surface area contributed by atoms with Crippen molar-refractivity contribution in [2.45, 2.75) is 96.9 Å². The molecular weight excluding hydrogens is 469 g/mol. The second kappa shape index (κ2) is 12.4. The normalized spacial score (nSPS) is 21.9. The Morgan fingerprint density at radius 1 is 1.35 bits per heavy atom. The van der Waals surface area contributed by atoms with E-state index in [0.29, 0.717) is 31.8 Å². The van der Waals surface area contributed by atoms with Crippen molar-refractivity contribution in [3.05, 3.63) is 41.1 Å². The number of carbonyl (C=O) groups is 1. The van der Waals surface area contributed by atoms with Crippen molar-refractivity contribution in [2.24, 2.45) is 11.8 Å². The van der Waals surface area contributed by atoms with Gasteiger partial charge in [0.15, 0.2) is 0 Å². The molecule has 2 N–H and O–H groups in total. The number of aryl methyl sites for hydroxylation is 1. The molecule has 3 atom stereocenters. The largest absolute Gasteiger partial charge is 0.491 e. The third-order valence-electron chi connectivity index (χ3n) is 7.97. The summed E-state index contributed by atoms with van der Waals surface area (Å²) in [7, 11) is 0. The lowest BCUT2D eigenvalue weighted by Crippen LogP contribution is -2.42. The number of nitrogens with zero attached hydrogens (tertiary/aromatic N) is 2. The van der Waals surface area contributed by atoms with E-state index in [1.165, 1.54) is 5.56 Å². The SMILES string of the molecule is C=C(/C(=C\C)[C@@H](C(=O)O)N1CC[C@@H](C(F)CCCCc2cc(OC(C)C)c3c(n2)NCCC3)C1)C1CC1. The first kappa shape index (κ1) is 27.6. The van der Waals surface area contributed by atoms with Gasteiger partial charge in [-0.05, 0) is 95.7 Å². The highest BCUT2D eigenvalue weighted by atomic mass is 19.1. The van der Waals surface area contributed by atoms with E-state index in [0.717, 1.165) is 79.9 Å². The van der Waals surface area contributed by atoms with E-state index >= 15 is 4.39 Å². The molecule has 0 aromatic carbocycles. The standard InChI is InChI=1S/C30H44FN3O3/c1-5-24(20(4)21-12-13-21)28(30(35)36)34-16-14-22(18-34)26(31)11-7-6-9-23-17-27(37-19(2)3)25-10-8-15-32-29(25)33-23/h5,17,19,21-22,26,28H,4,6-16,18H2,1-3H3,(H,32,33)(H,35,36)/b24-5+/t22-,26?,28+/m1/s1. The Kier molecular flexibility index (Phi) is 9.27. The van der Waals surface area contributed by atoms with Crippen LogP contribution in [0, 0.1) is 11.8 Å². The van der Waals surface area contributed by atoms with Gasteiger partial charge in [-0.2, -0.15) is 0 Å². The summed E-state index contributed by atoms with van der Waals surface area (Å²) in [5.74, 6) is 1.29. The Morgan fingerprint density at radius 2 is 2.14 bits per heavy atom. The van der Waals surface area contributed by atoms with Crippen molar-refractivity contribution in [3.63, 3.8) is 0 Å². The quantitative estimate of drug-likeness (QED) is 0.250. The number of unbranched alkanes of at least 4 members (excludes halogenated alkanes) is 1. The highest BCUT2D eigenvalue weighted by Gasteiger charge is 2.40. The maximum Gasteiger partial charge on any atom is 0.325 e. The van der Waals surface area contributed by atoms with Crippen LogP contribution >= 0.6 is 0 Å². The molecule has 1 saturated carbocycles. The summed E-state index contributed by atoms with van der Waals surface area (Å²) in [5, 5.41) is 13.4. The zero-order chi connectivity index (χ0) is 26.5. The highest BCUT2D eigenvalue weighted by molar-refractivity contribution is 5.79. The van der Waals surface area contributed by atoms with Gasteiger partial charge in [-0.25, -0.2) is 9.37 Å². The van der Waals surface area contributed by atoms with E-state index in [-0.39, 0.29) is 12.0 Å². The van der Waals surface area contributed by atoms with Crippen LogP contribution in [0.2, 0.25) is 0 Å². The number of pyridine rings is 1. The number of alkyl halides is 1. The highest BCUT2D eigenvalue weighted by Crippen LogP contribution is 2.41. The van der Waals surface area contributed by atoms with Crippen molar-refractivity contribution < 1.29 is 19.0 Å². The van der Waals surface area contributed by atoms with Gasteiger partial charge in [0.25, 0.3) is 0 Å². The van der Waals surface area contributed by atoms with Crippen LogP contribution in [0.1, 0.15) is 77.0 Å². The number of rotatable bonds is 13. The molecule has 1 aromatic heterocycles. The van der Waals surface area contributed by atoms with Crippen LogP contribution in [0.3, 0.4) is 0 Å². The molecule has 1 saturated heterocycles. The van der Waals surface area contributed by atoms with E-state index in [2.05, 4.69) is 18.0 Å². The molecule has 0 amide bonds. The van der Waals surface area contributed by atoms with Crippen LogP contribution in [0.25, 0.3) is 0 Å². The van der Waals surface area contributed by atoms with Crippen molar-refractivity contribution in [1.29, 1.82) is 0 Å². The number of fused-ring (bicyclic) bond motifs is 1. The van der Waals surface area contributed by atoms with Gasteiger partial charge in [0.2, 0.25) is 0 Å². The monoisotopic (exact) mass is 513 g/mol. The number of ether oxygens (including phenoxy) is 1. The molecule has 1 aromatic rings. The van der Waals surface area contributed by atoms with Gasteiger partial charge in [0.05, 0.1) is 6.10 Å². The number of nitrogens with one attached hydrogen (secondary N) is 1. The Labute approximate surface area is 221 Å². The molecule has 0 bridgehead atoms. The maximum atomic E-state index is 15.2. The van der Waals surface area contributed by atoms with Gasteiger partial charge in [-0.3, -0.25) is 9.69 Å². The smallest absolute Gasteiger partial charge is 0.325 e. The van der Waals surface area contributed by atoms with Gasteiger partial charge in [0, 0.05) is 36.3 Å². The summed E-state index contributed by atoms with van der Waals surface area (Å²) in [6.07, 6.45) is 8.95. The zero-order valence-corrected chi connectivity index (χ0v) is 22.8. The molecule has 2 aliphatic heterocycles. The maximum absolute atomic E-state index is 15.2. The molecule has 6 nitrogen and oxygen atoms in total. The molecule has 3 heterocycles. The van der Waals surface area contributed by atoms with E-state index in [1.54, 1.807) is 0 Å². The van der Waals surface area contributed by atoms with Crippen molar-refractivity contribution in [1.82, 2.24) is 9.88 Å².